The number of aliphatic hydroxyl groups excluding tert-OH is 1. The van der Waals surface area contributed by atoms with Crippen molar-refractivity contribution in [1.29, 1.82) is 0 Å². The van der Waals surface area contributed by atoms with Gasteiger partial charge in [0.15, 0.2) is 11.4 Å². The Labute approximate surface area is 156 Å². The second kappa shape index (κ2) is 6.68. The number of aliphatic hydroxyl groups is 1. The second-order valence-corrected chi connectivity index (χ2v) is 6.80. The Morgan fingerprint density at radius 1 is 1.04 bits per heavy atom. The van der Waals surface area contributed by atoms with Gasteiger partial charge in [0, 0.05) is 50.2 Å². The van der Waals surface area contributed by atoms with Gasteiger partial charge in [-0.25, -0.2) is 4.98 Å². The average molecular weight is 363 g/mol. The van der Waals surface area contributed by atoms with Crippen LogP contribution in [0.15, 0.2) is 53.1 Å². The molecular formula is C20H21N5O2. The van der Waals surface area contributed by atoms with E-state index in [1.807, 2.05) is 40.9 Å². The number of aromatic nitrogens is 3. The van der Waals surface area contributed by atoms with E-state index < -0.39 is 0 Å². The van der Waals surface area contributed by atoms with Crippen molar-refractivity contribution in [2.75, 3.05) is 44.2 Å². The zero-order valence-electron chi connectivity index (χ0n) is 15.0. The van der Waals surface area contributed by atoms with E-state index in [2.05, 4.69) is 21.0 Å². The summed E-state index contributed by atoms with van der Waals surface area (Å²) in [5, 5.41) is 14.7. The van der Waals surface area contributed by atoms with Gasteiger partial charge in [-0.15, -0.1) is 0 Å². The largest absolute Gasteiger partial charge is 0.454 e. The standard InChI is InChI=1S/C20H21N5O2/c26-12-11-23-7-9-24(10-8-23)20-14-16(22-19-5-6-21-25(19)20)18-13-15-3-1-2-4-17(15)27-18/h1-6,13-14,26H,7-12H2. The van der Waals surface area contributed by atoms with Gasteiger partial charge in [0.25, 0.3) is 0 Å². The van der Waals surface area contributed by atoms with Gasteiger partial charge >= 0.3 is 0 Å². The van der Waals surface area contributed by atoms with Gasteiger partial charge in [0.2, 0.25) is 0 Å². The summed E-state index contributed by atoms with van der Waals surface area (Å²) in [7, 11) is 0. The molecular weight excluding hydrogens is 342 g/mol. The van der Waals surface area contributed by atoms with Crippen LogP contribution < -0.4 is 4.90 Å². The maximum atomic E-state index is 9.15. The van der Waals surface area contributed by atoms with Crippen LogP contribution in [-0.2, 0) is 0 Å². The highest BCUT2D eigenvalue weighted by molar-refractivity contribution is 5.82. The average Bonchev–Trinajstić information content (AvgIpc) is 3.34. The van der Waals surface area contributed by atoms with Crippen LogP contribution in [0.4, 0.5) is 5.82 Å². The summed E-state index contributed by atoms with van der Waals surface area (Å²) in [4.78, 5) is 9.33. The maximum absolute atomic E-state index is 9.15. The molecule has 1 N–H and O–H groups in total. The minimum atomic E-state index is 0.203. The van der Waals surface area contributed by atoms with Crippen LogP contribution in [0.5, 0.6) is 0 Å². The van der Waals surface area contributed by atoms with Gasteiger partial charge in [0.05, 0.1) is 12.8 Å². The lowest BCUT2D eigenvalue weighted by molar-refractivity contribution is 0.188. The van der Waals surface area contributed by atoms with Crippen molar-refractivity contribution in [1.82, 2.24) is 19.5 Å². The fraction of sp³-hybridized carbons (Fsp3) is 0.300. The summed E-state index contributed by atoms with van der Waals surface area (Å²) in [6.45, 7) is 4.55. The number of para-hydroxylation sites is 1. The third-order valence-corrected chi connectivity index (χ3v) is 5.13. The van der Waals surface area contributed by atoms with Gasteiger partial charge in [-0.3, -0.25) is 4.90 Å². The number of fused-ring (bicyclic) bond motifs is 2. The van der Waals surface area contributed by atoms with E-state index in [1.54, 1.807) is 6.20 Å². The molecule has 138 valence electrons. The molecule has 1 saturated heterocycles. The molecule has 1 aliphatic heterocycles. The molecule has 0 aliphatic carbocycles. The molecule has 1 aliphatic rings. The van der Waals surface area contributed by atoms with Gasteiger partial charge in [-0.2, -0.15) is 9.61 Å². The van der Waals surface area contributed by atoms with Gasteiger partial charge in [-0.05, 0) is 12.1 Å². The summed E-state index contributed by atoms with van der Waals surface area (Å²) in [6, 6.07) is 14.0. The molecule has 1 aromatic carbocycles. The summed E-state index contributed by atoms with van der Waals surface area (Å²) in [5.41, 5.74) is 2.48. The van der Waals surface area contributed by atoms with Crippen molar-refractivity contribution in [3.63, 3.8) is 0 Å². The van der Waals surface area contributed by atoms with Crippen molar-refractivity contribution < 1.29 is 9.52 Å². The smallest absolute Gasteiger partial charge is 0.158 e. The molecule has 5 rings (SSSR count). The minimum absolute atomic E-state index is 0.203. The number of nitrogens with zero attached hydrogens (tertiary/aromatic N) is 5. The van der Waals surface area contributed by atoms with Crippen molar-refractivity contribution >= 4 is 22.4 Å². The van der Waals surface area contributed by atoms with Gasteiger partial charge in [-0.1, -0.05) is 18.2 Å². The monoisotopic (exact) mass is 363 g/mol. The molecule has 0 saturated carbocycles. The summed E-state index contributed by atoms with van der Waals surface area (Å²) < 4.78 is 7.91. The van der Waals surface area contributed by atoms with Crippen LogP contribution in [0.2, 0.25) is 0 Å². The lowest BCUT2D eigenvalue weighted by Gasteiger charge is -2.35. The SMILES string of the molecule is OCCN1CCN(c2cc(-c3cc4ccccc4o3)nc3ccnn23)CC1. The molecule has 0 atom stereocenters. The molecule has 0 bridgehead atoms. The Kier molecular flexibility index (Phi) is 4.03. The van der Waals surface area contributed by atoms with Gasteiger partial charge < -0.3 is 14.4 Å². The van der Waals surface area contributed by atoms with Crippen molar-refractivity contribution in [2.24, 2.45) is 0 Å². The third-order valence-electron chi connectivity index (χ3n) is 5.13. The van der Waals surface area contributed by atoms with E-state index >= 15 is 0 Å². The van der Waals surface area contributed by atoms with E-state index in [0.29, 0.717) is 0 Å². The molecule has 3 aromatic heterocycles. The van der Waals surface area contributed by atoms with E-state index in [1.165, 1.54) is 0 Å². The Morgan fingerprint density at radius 3 is 2.70 bits per heavy atom. The third kappa shape index (κ3) is 2.94. The molecule has 7 heteroatoms. The topological polar surface area (TPSA) is 70.0 Å². The van der Waals surface area contributed by atoms with Crippen LogP contribution >= 0.6 is 0 Å². The molecule has 27 heavy (non-hydrogen) atoms. The van der Waals surface area contributed by atoms with E-state index in [0.717, 1.165) is 66.6 Å². The number of hydrogen-bond acceptors (Lipinski definition) is 6. The molecule has 1 fully saturated rings. The van der Waals surface area contributed by atoms with E-state index in [9.17, 15) is 0 Å². The molecule has 0 radical (unpaired) electrons. The zero-order chi connectivity index (χ0) is 18.2. The Morgan fingerprint density at radius 2 is 1.89 bits per heavy atom. The normalized spacial score (nSPS) is 15.8. The fourth-order valence-electron chi connectivity index (χ4n) is 3.70. The first-order chi connectivity index (χ1) is 13.3. The molecule has 7 nitrogen and oxygen atoms in total. The summed E-state index contributed by atoms with van der Waals surface area (Å²) in [6.07, 6.45) is 1.77. The van der Waals surface area contributed by atoms with Crippen LogP contribution in [0.25, 0.3) is 28.1 Å². The highest BCUT2D eigenvalue weighted by Crippen LogP contribution is 2.29. The van der Waals surface area contributed by atoms with Crippen LogP contribution in [-0.4, -0.2) is 63.9 Å². The van der Waals surface area contributed by atoms with Crippen LogP contribution in [0, 0.1) is 0 Å². The molecule has 4 heterocycles. The summed E-state index contributed by atoms with van der Waals surface area (Å²) >= 11 is 0. The van der Waals surface area contributed by atoms with Gasteiger partial charge in [0.1, 0.15) is 17.1 Å². The first-order valence-electron chi connectivity index (χ1n) is 9.24. The number of benzene rings is 1. The molecule has 0 amide bonds. The van der Waals surface area contributed by atoms with Crippen molar-refractivity contribution in [3.05, 3.63) is 48.7 Å². The van der Waals surface area contributed by atoms with Crippen molar-refractivity contribution in [3.8, 4) is 11.5 Å². The molecule has 4 aromatic rings. The predicted octanol–water partition coefficient (Wildman–Crippen LogP) is 2.26. The lowest BCUT2D eigenvalue weighted by atomic mass is 10.2. The van der Waals surface area contributed by atoms with Crippen molar-refractivity contribution in [2.45, 2.75) is 0 Å². The first kappa shape index (κ1) is 16.3. The minimum Gasteiger partial charge on any atom is -0.454 e. The Bertz CT molecular complexity index is 1050. The molecule has 0 spiro atoms. The Hall–Kier alpha value is -2.90. The molecule has 0 unspecified atom stereocenters. The van der Waals surface area contributed by atoms with Crippen LogP contribution in [0.1, 0.15) is 0 Å². The number of anilines is 1. The lowest BCUT2D eigenvalue weighted by Crippen LogP contribution is -2.47. The summed E-state index contributed by atoms with van der Waals surface area (Å²) in [5.74, 6) is 1.78. The zero-order valence-corrected chi connectivity index (χ0v) is 15.0. The number of β-amino-alcohol motifs (C(OH)–C–C–N with tert-alkyl or cyclic N) is 1. The first-order valence-corrected chi connectivity index (χ1v) is 9.24. The number of furan rings is 1. The quantitative estimate of drug-likeness (QED) is 0.600. The van der Waals surface area contributed by atoms with E-state index in [-0.39, 0.29) is 6.61 Å². The Balaban J connectivity index is 1.54. The highest BCUT2D eigenvalue weighted by Gasteiger charge is 2.21. The second-order valence-electron chi connectivity index (χ2n) is 6.80. The number of piperazine rings is 1. The van der Waals surface area contributed by atoms with Crippen LogP contribution in [0.3, 0.4) is 0 Å². The maximum Gasteiger partial charge on any atom is 0.158 e. The number of rotatable bonds is 4. The highest BCUT2D eigenvalue weighted by atomic mass is 16.3. The fourth-order valence-corrected chi connectivity index (χ4v) is 3.70. The number of hydrogen-bond donors (Lipinski definition) is 1. The van der Waals surface area contributed by atoms with E-state index in [4.69, 9.17) is 14.5 Å². The predicted molar refractivity (Wildman–Crippen MR) is 104 cm³/mol.